The number of aryl methyl sites for hydroxylation is 4. The van der Waals surface area contributed by atoms with E-state index < -0.39 is 0 Å². The Morgan fingerprint density at radius 1 is 1.03 bits per heavy atom. The molecule has 2 aromatic carbocycles. The Balaban J connectivity index is 1.31. The second-order valence-electron chi connectivity index (χ2n) is 8.49. The smallest absolute Gasteiger partial charge is 0.220 e. The summed E-state index contributed by atoms with van der Waals surface area (Å²) in [5.74, 6) is 1.27. The largest absolute Gasteiger partial charge is 0.441 e. The van der Waals surface area contributed by atoms with Crippen LogP contribution in [0, 0.1) is 27.7 Å². The highest BCUT2D eigenvalue weighted by atomic mass is 16.4. The molecule has 2 heterocycles. The Morgan fingerprint density at radius 3 is 2.58 bits per heavy atom. The monoisotopic (exact) mass is 442 g/mol. The van der Waals surface area contributed by atoms with Gasteiger partial charge < -0.3 is 9.73 Å². The average molecular weight is 443 g/mol. The van der Waals surface area contributed by atoms with E-state index in [4.69, 9.17) is 4.42 Å². The van der Waals surface area contributed by atoms with Crippen LogP contribution in [-0.2, 0) is 24.3 Å². The minimum Gasteiger partial charge on any atom is -0.441 e. The van der Waals surface area contributed by atoms with Crippen molar-refractivity contribution >= 4 is 5.91 Å². The molecule has 0 radical (unpaired) electrons. The van der Waals surface area contributed by atoms with Crippen molar-refractivity contribution in [3.05, 3.63) is 94.3 Å². The summed E-state index contributed by atoms with van der Waals surface area (Å²) in [5, 5.41) is 7.68. The topological polar surface area (TPSA) is 73.0 Å². The summed E-state index contributed by atoms with van der Waals surface area (Å²) < 4.78 is 7.86. The lowest BCUT2D eigenvalue weighted by atomic mass is 10.1. The van der Waals surface area contributed by atoms with Crippen molar-refractivity contribution in [2.45, 2.75) is 53.6 Å². The number of nitrogens with zero attached hydrogens (tertiary/aromatic N) is 3. The first-order valence-electron chi connectivity index (χ1n) is 11.3. The molecule has 33 heavy (non-hydrogen) atoms. The third-order valence-electron chi connectivity index (χ3n) is 6.08. The van der Waals surface area contributed by atoms with Crippen molar-refractivity contribution in [1.82, 2.24) is 20.1 Å². The number of carbonyl (C=O) groups excluding carboxylic acids is 1. The van der Waals surface area contributed by atoms with Gasteiger partial charge >= 0.3 is 0 Å². The van der Waals surface area contributed by atoms with Crippen molar-refractivity contribution in [2.75, 3.05) is 0 Å². The van der Waals surface area contributed by atoms with Gasteiger partial charge in [-0.05, 0) is 50.5 Å². The van der Waals surface area contributed by atoms with Crippen LogP contribution < -0.4 is 5.32 Å². The molecular weight excluding hydrogens is 412 g/mol. The van der Waals surface area contributed by atoms with E-state index in [1.807, 2.05) is 42.8 Å². The van der Waals surface area contributed by atoms with Gasteiger partial charge in [0, 0.05) is 36.2 Å². The number of carbonyl (C=O) groups is 1. The lowest BCUT2D eigenvalue weighted by Crippen LogP contribution is -2.23. The Labute approximate surface area is 194 Å². The molecule has 0 bridgehead atoms. The summed E-state index contributed by atoms with van der Waals surface area (Å²) >= 11 is 0. The predicted molar refractivity (Wildman–Crippen MR) is 129 cm³/mol. The fourth-order valence-electron chi connectivity index (χ4n) is 3.85. The Kier molecular flexibility index (Phi) is 6.73. The number of aromatic nitrogens is 3. The van der Waals surface area contributed by atoms with E-state index in [2.05, 4.69) is 53.5 Å². The Bertz CT molecular complexity index is 1250. The second kappa shape index (κ2) is 9.86. The fraction of sp³-hybridized carbons (Fsp3) is 0.296. The van der Waals surface area contributed by atoms with E-state index in [1.165, 1.54) is 16.7 Å². The van der Waals surface area contributed by atoms with Crippen molar-refractivity contribution in [2.24, 2.45) is 0 Å². The summed E-state index contributed by atoms with van der Waals surface area (Å²) in [5.41, 5.74) is 7.72. The van der Waals surface area contributed by atoms with Crippen LogP contribution in [0.25, 0.3) is 11.3 Å². The zero-order valence-corrected chi connectivity index (χ0v) is 19.7. The molecule has 0 spiro atoms. The first kappa shape index (κ1) is 22.5. The van der Waals surface area contributed by atoms with Crippen LogP contribution in [0.4, 0.5) is 0 Å². The highest BCUT2D eigenvalue weighted by molar-refractivity contribution is 5.76. The van der Waals surface area contributed by atoms with Gasteiger partial charge in [0.1, 0.15) is 0 Å². The van der Waals surface area contributed by atoms with Gasteiger partial charge in [0.05, 0.1) is 18.4 Å². The lowest BCUT2D eigenvalue weighted by molar-refractivity contribution is -0.121. The van der Waals surface area contributed by atoms with Crippen molar-refractivity contribution < 1.29 is 9.21 Å². The van der Waals surface area contributed by atoms with Crippen molar-refractivity contribution in [1.29, 1.82) is 0 Å². The lowest BCUT2D eigenvalue weighted by Gasteiger charge is -2.07. The number of nitrogens with one attached hydrogen (secondary N) is 1. The molecular formula is C27H30N4O2. The average Bonchev–Trinajstić information content (AvgIpc) is 3.38. The van der Waals surface area contributed by atoms with E-state index >= 15 is 0 Å². The van der Waals surface area contributed by atoms with Gasteiger partial charge in [-0.2, -0.15) is 5.10 Å². The molecule has 0 saturated carbocycles. The molecule has 0 aliphatic rings. The number of benzene rings is 2. The maximum atomic E-state index is 12.5. The summed E-state index contributed by atoms with van der Waals surface area (Å²) in [6.45, 7) is 9.37. The highest BCUT2D eigenvalue weighted by Gasteiger charge is 2.14. The number of amides is 1. The number of rotatable bonds is 8. The zero-order chi connectivity index (χ0) is 23.4. The molecule has 6 nitrogen and oxygen atoms in total. The highest BCUT2D eigenvalue weighted by Crippen LogP contribution is 2.23. The van der Waals surface area contributed by atoms with Crippen LogP contribution in [0.15, 0.2) is 59.1 Å². The number of hydrogen-bond acceptors (Lipinski definition) is 4. The van der Waals surface area contributed by atoms with E-state index in [-0.39, 0.29) is 5.91 Å². The van der Waals surface area contributed by atoms with E-state index in [9.17, 15) is 4.79 Å². The molecule has 0 aliphatic heterocycles. The van der Waals surface area contributed by atoms with Crippen LogP contribution in [0.2, 0.25) is 0 Å². The molecule has 6 heteroatoms. The van der Waals surface area contributed by atoms with E-state index in [0.717, 1.165) is 28.3 Å². The molecule has 0 saturated heterocycles. The van der Waals surface area contributed by atoms with Crippen LogP contribution in [-0.4, -0.2) is 20.7 Å². The van der Waals surface area contributed by atoms with Gasteiger partial charge in [0.2, 0.25) is 5.91 Å². The fourth-order valence-corrected chi connectivity index (χ4v) is 3.85. The normalized spacial score (nSPS) is 11.0. The number of oxazole rings is 1. The molecule has 1 N–H and O–H groups in total. The molecule has 170 valence electrons. The maximum Gasteiger partial charge on any atom is 0.220 e. The standard InChI is InChI=1S/C27H30N4O2/c1-18-10-11-23(14-19(18)2)25-16-29-27(33-25)13-12-26(32)28-15-24-20(3)30-31(21(24)4)17-22-8-6-5-7-9-22/h5-11,14,16H,12-13,15,17H2,1-4H3,(H,28,32). The molecule has 1 amide bonds. The van der Waals surface area contributed by atoms with E-state index in [1.54, 1.807) is 6.20 Å². The molecule has 0 fully saturated rings. The second-order valence-corrected chi connectivity index (χ2v) is 8.49. The van der Waals surface area contributed by atoms with Gasteiger partial charge in [-0.25, -0.2) is 4.98 Å². The first-order valence-corrected chi connectivity index (χ1v) is 11.3. The summed E-state index contributed by atoms with van der Waals surface area (Å²) in [6.07, 6.45) is 2.51. The third kappa shape index (κ3) is 5.40. The van der Waals surface area contributed by atoms with Gasteiger partial charge in [-0.3, -0.25) is 9.48 Å². The van der Waals surface area contributed by atoms with Crippen LogP contribution in [0.1, 0.15) is 46.0 Å². The molecule has 4 rings (SSSR count). The molecule has 2 aromatic heterocycles. The molecule has 4 aromatic rings. The van der Waals surface area contributed by atoms with Crippen LogP contribution >= 0.6 is 0 Å². The maximum absolute atomic E-state index is 12.5. The minimum atomic E-state index is -0.0319. The van der Waals surface area contributed by atoms with Gasteiger partial charge in [0.15, 0.2) is 11.7 Å². The Morgan fingerprint density at radius 2 is 1.82 bits per heavy atom. The zero-order valence-electron chi connectivity index (χ0n) is 19.7. The van der Waals surface area contributed by atoms with Gasteiger partial charge in [0.25, 0.3) is 0 Å². The van der Waals surface area contributed by atoms with Crippen molar-refractivity contribution in [3.63, 3.8) is 0 Å². The van der Waals surface area contributed by atoms with E-state index in [0.29, 0.717) is 31.8 Å². The summed E-state index contributed by atoms with van der Waals surface area (Å²) in [6, 6.07) is 16.4. The summed E-state index contributed by atoms with van der Waals surface area (Å²) in [4.78, 5) is 16.8. The van der Waals surface area contributed by atoms with Crippen LogP contribution in [0.3, 0.4) is 0 Å². The van der Waals surface area contributed by atoms with Crippen LogP contribution in [0.5, 0.6) is 0 Å². The molecule has 0 aliphatic carbocycles. The molecule has 0 atom stereocenters. The minimum absolute atomic E-state index is 0.0319. The predicted octanol–water partition coefficient (Wildman–Crippen LogP) is 5.07. The SMILES string of the molecule is Cc1ccc(-c2cnc(CCC(=O)NCc3c(C)nn(Cc4ccccc4)c3C)o2)cc1C. The summed E-state index contributed by atoms with van der Waals surface area (Å²) in [7, 11) is 0. The van der Waals surface area contributed by atoms with Gasteiger partial charge in [-0.1, -0.05) is 42.5 Å². The third-order valence-corrected chi connectivity index (χ3v) is 6.08. The van der Waals surface area contributed by atoms with Crippen molar-refractivity contribution in [3.8, 4) is 11.3 Å². The number of hydrogen-bond donors (Lipinski definition) is 1. The first-order chi connectivity index (χ1) is 15.9. The molecule has 0 unspecified atom stereocenters. The quantitative estimate of drug-likeness (QED) is 0.414. The Hall–Kier alpha value is -3.67. The van der Waals surface area contributed by atoms with Gasteiger partial charge in [-0.15, -0.1) is 0 Å².